The van der Waals surface area contributed by atoms with Gasteiger partial charge >= 0.3 is 0 Å². The van der Waals surface area contributed by atoms with Crippen LogP contribution in [0.15, 0.2) is 0 Å². The molecule has 1 fully saturated rings. The number of halogens is 1. The standard InChI is InChI=1S/C8H15BrO3/c9-6-4-2-1-3-5-8-10-7-11-12-8/h8H,1-7H2. The second kappa shape index (κ2) is 6.83. The molecule has 0 radical (unpaired) electrons. The quantitative estimate of drug-likeness (QED) is 0.405. The summed E-state index contributed by atoms with van der Waals surface area (Å²) in [5.41, 5.74) is 0. The van der Waals surface area contributed by atoms with Gasteiger partial charge in [-0.05, 0) is 12.8 Å². The van der Waals surface area contributed by atoms with Gasteiger partial charge in [0, 0.05) is 11.8 Å². The van der Waals surface area contributed by atoms with E-state index in [-0.39, 0.29) is 13.1 Å². The van der Waals surface area contributed by atoms with Crippen molar-refractivity contribution in [2.45, 2.75) is 38.4 Å². The fraction of sp³-hybridized carbons (Fsp3) is 1.00. The van der Waals surface area contributed by atoms with Crippen LogP contribution in [0.1, 0.15) is 32.1 Å². The summed E-state index contributed by atoms with van der Waals surface area (Å²) in [4.78, 5) is 9.43. The van der Waals surface area contributed by atoms with E-state index in [0.29, 0.717) is 0 Å². The van der Waals surface area contributed by atoms with Crippen molar-refractivity contribution in [2.24, 2.45) is 0 Å². The molecule has 0 N–H and O–H groups in total. The van der Waals surface area contributed by atoms with Gasteiger partial charge in [-0.2, -0.15) is 0 Å². The normalized spacial score (nSPS) is 23.2. The first-order chi connectivity index (χ1) is 5.93. The third kappa shape index (κ3) is 4.40. The Bertz CT molecular complexity index is 104. The molecule has 0 spiro atoms. The Kier molecular flexibility index (Phi) is 5.94. The van der Waals surface area contributed by atoms with Gasteiger partial charge < -0.3 is 4.74 Å². The van der Waals surface area contributed by atoms with Crippen LogP contribution in [-0.2, 0) is 14.5 Å². The predicted molar refractivity (Wildman–Crippen MR) is 48.8 cm³/mol. The lowest BCUT2D eigenvalue weighted by Gasteiger charge is -2.04. The van der Waals surface area contributed by atoms with Gasteiger partial charge in [0.05, 0.1) is 0 Å². The van der Waals surface area contributed by atoms with Gasteiger partial charge in [-0.25, -0.2) is 9.78 Å². The topological polar surface area (TPSA) is 27.7 Å². The third-order valence-electron chi connectivity index (χ3n) is 1.80. The second-order valence-electron chi connectivity index (χ2n) is 2.82. The van der Waals surface area contributed by atoms with Gasteiger partial charge in [-0.3, -0.25) is 0 Å². The summed E-state index contributed by atoms with van der Waals surface area (Å²) in [6, 6.07) is 0. The maximum Gasteiger partial charge on any atom is 0.194 e. The summed E-state index contributed by atoms with van der Waals surface area (Å²) in [6.45, 7) is 0.284. The molecule has 0 saturated carbocycles. The van der Waals surface area contributed by atoms with Crippen LogP contribution in [-0.4, -0.2) is 18.4 Å². The summed E-state index contributed by atoms with van der Waals surface area (Å²) in [6.07, 6.45) is 5.76. The van der Waals surface area contributed by atoms with Gasteiger partial charge in [-0.1, -0.05) is 28.8 Å². The fourth-order valence-corrected chi connectivity index (χ4v) is 1.52. The van der Waals surface area contributed by atoms with Gasteiger partial charge in [0.15, 0.2) is 13.1 Å². The lowest BCUT2D eigenvalue weighted by molar-refractivity contribution is -0.278. The summed E-state index contributed by atoms with van der Waals surface area (Å²) >= 11 is 3.40. The highest BCUT2D eigenvalue weighted by molar-refractivity contribution is 9.09. The van der Waals surface area contributed by atoms with E-state index in [2.05, 4.69) is 20.8 Å². The molecular formula is C8H15BrO3. The molecule has 0 amide bonds. The third-order valence-corrected chi connectivity index (χ3v) is 2.36. The highest BCUT2D eigenvalue weighted by atomic mass is 79.9. The molecule has 72 valence electrons. The zero-order chi connectivity index (χ0) is 8.65. The van der Waals surface area contributed by atoms with Crippen LogP contribution in [0.2, 0.25) is 0 Å². The van der Waals surface area contributed by atoms with E-state index in [0.717, 1.165) is 18.2 Å². The number of unbranched alkanes of at least 4 members (excludes halogenated alkanes) is 3. The highest BCUT2D eigenvalue weighted by Crippen LogP contribution is 2.14. The molecule has 1 unspecified atom stereocenters. The summed E-state index contributed by atoms with van der Waals surface area (Å²) in [7, 11) is 0. The van der Waals surface area contributed by atoms with E-state index in [1.54, 1.807) is 0 Å². The van der Waals surface area contributed by atoms with Gasteiger partial charge in [-0.15, -0.1) is 0 Å². The minimum Gasteiger partial charge on any atom is -0.320 e. The van der Waals surface area contributed by atoms with Gasteiger partial charge in [0.2, 0.25) is 0 Å². The summed E-state index contributed by atoms with van der Waals surface area (Å²) in [5, 5.41) is 1.10. The molecule has 4 heteroatoms. The Morgan fingerprint density at radius 1 is 1.17 bits per heavy atom. The monoisotopic (exact) mass is 238 g/mol. The molecule has 3 nitrogen and oxygen atoms in total. The second-order valence-corrected chi connectivity index (χ2v) is 3.61. The Balaban J connectivity index is 1.81. The van der Waals surface area contributed by atoms with Crippen molar-refractivity contribution >= 4 is 15.9 Å². The zero-order valence-electron chi connectivity index (χ0n) is 7.13. The largest absolute Gasteiger partial charge is 0.320 e. The maximum atomic E-state index is 5.11. The molecule has 0 bridgehead atoms. The van der Waals surface area contributed by atoms with Crippen LogP contribution in [0.25, 0.3) is 0 Å². The minimum atomic E-state index is -0.117. The van der Waals surface area contributed by atoms with Crippen molar-refractivity contribution in [3.63, 3.8) is 0 Å². The first-order valence-electron chi connectivity index (χ1n) is 4.39. The molecule has 12 heavy (non-hydrogen) atoms. The van der Waals surface area contributed by atoms with Crippen molar-refractivity contribution in [1.29, 1.82) is 0 Å². The maximum absolute atomic E-state index is 5.11. The first-order valence-corrected chi connectivity index (χ1v) is 5.51. The summed E-state index contributed by atoms with van der Waals surface area (Å²) < 4.78 is 5.11. The molecule has 1 rings (SSSR count). The van der Waals surface area contributed by atoms with Crippen molar-refractivity contribution in [3.05, 3.63) is 0 Å². The average Bonchev–Trinajstić information content (AvgIpc) is 2.57. The van der Waals surface area contributed by atoms with E-state index >= 15 is 0 Å². The van der Waals surface area contributed by atoms with E-state index in [4.69, 9.17) is 9.62 Å². The van der Waals surface area contributed by atoms with Crippen LogP contribution in [0.5, 0.6) is 0 Å². The molecule has 0 aromatic carbocycles. The van der Waals surface area contributed by atoms with Crippen molar-refractivity contribution in [1.82, 2.24) is 0 Å². The molecule has 1 aliphatic rings. The Morgan fingerprint density at radius 3 is 2.67 bits per heavy atom. The lowest BCUT2D eigenvalue weighted by atomic mass is 10.1. The van der Waals surface area contributed by atoms with Crippen LogP contribution in [0.3, 0.4) is 0 Å². The summed E-state index contributed by atoms with van der Waals surface area (Å²) in [5.74, 6) is 0. The van der Waals surface area contributed by atoms with Crippen LogP contribution in [0.4, 0.5) is 0 Å². The van der Waals surface area contributed by atoms with Crippen LogP contribution < -0.4 is 0 Å². The molecular weight excluding hydrogens is 224 g/mol. The zero-order valence-corrected chi connectivity index (χ0v) is 8.72. The van der Waals surface area contributed by atoms with E-state index in [9.17, 15) is 0 Å². The lowest BCUT2D eigenvalue weighted by Crippen LogP contribution is -2.06. The van der Waals surface area contributed by atoms with E-state index < -0.39 is 0 Å². The average molecular weight is 239 g/mol. The number of alkyl halides is 1. The van der Waals surface area contributed by atoms with Crippen molar-refractivity contribution < 1.29 is 14.5 Å². The van der Waals surface area contributed by atoms with Gasteiger partial charge in [0.1, 0.15) is 0 Å². The minimum absolute atomic E-state index is 0.117. The fourth-order valence-electron chi connectivity index (χ4n) is 1.13. The van der Waals surface area contributed by atoms with Crippen molar-refractivity contribution in [3.8, 4) is 0 Å². The molecule has 0 aromatic rings. The number of hydrogen-bond acceptors (Lipinski definition) is 3. The van der Waals surface area contributed by atoms with Crippen molar-refractivity contribution in [2.75, 3.05) is 12.1 Å². The van der Waals surface area contributed by atoms with Crippen LogP contribution in [0, 0.1) is 0 Å². The smallest absolute Gasteiger partial charge is 0.194 e. The Labute approximate surface area is 81.4 Å². The predicted octanol–water partition coefficient (Wildman–Crippen LogP) is 2.59. The Morgan fingerprint density at radius 2 is 2.00 bits per heavy atom. The van der Waals surface area contributed by atoms with E-state index in [1.807, 2.05) is 0 Å². The molecule has 1 aliphatic heterocycles. The van der Waals surface area contributed by atoms with Crippen LogP contribution >= 0.6 is 15.9 Å². The Hall–Kier alpha value is 0.360. The first kappa shape index (κ1) is 10.4. The molecule has 1 heterocycles. The number of hydrogen-bond donors (Lipinski definition) is 0. The number of ether oxygens (including phenoxy) is 1. The SMILES string of the molecule is BrCCCCCCC1OCOO1. The highest BCUT2D eigenvalue weighted by Gasteiger charge is 2.16. The number of rotatable bonds is 6. The molecule has 1 saturated heterocycles. The molecule has 0 aromatic heterocycles. The van der Waals surface area contributed by atoms with Gasteiger partial charge in [0.25, 0.3) is 0 Å². The molecule has 0 aliphatic carbocycles. The molecule has 1 atom stereocenters. The van der Waals surface area contributed by atoms with E-state index in [1.165, 1.54) is 19.3 Å².